The standard InChI is InChI=1S/C18H20Cl3NO2/c19-9-10-22(11-13-23-17-7-3-1-5-15(17)20)12-14-24-18-8-4-2-6-16(18)21/h1-8H,9-14H2. The second kappa shape index (κ2) is 10.7. The summed E-state index contributed by atoms with van der Waals surface area (Å²) in [6, 6.07) is 14.9. The summed E-state index contributed by atoms with van der Waals surface area (Å²) in [6.07, 6.45) is 0. The molecule has 0 radical (unpaired) electrons. The lowest BCUT2D eigenvalue weighted by Crippen LogP contribution is -2.34. The number of halogens is 3. The Hall–Kier alpha value is -1.13. The summed E-state index contributed by atoms with van der Waals surface area (Å²) in [6.45, 7) is 3.31. The Morgan fingerprint density at radius 3 is 1.58 bits per heavy atom. The van der Waals surface area contributed by atoms with Crippen LogP contribution in [0.4, 0.5) is 0 Å². The van der Waals surface area contributed by atoms with Gasteiger partial charge in [0.1, 0.15) is 24.7 Å². The number of para-hydroxylation sites is 2. The molecule has 0 bridgehead atoms. The summed E-state index contributed by atoms with van der Waals surface area (Å²) in [4.78, 5) is 2.18. The van der Waals surface area contributed by atoms with Gasteiger partial charge in [0.15, 0.2) is 0 Å². The molecule has 0 N–H and O–H groups in total. The molecule has 24 heavy (non-hydrogen) atoms. The number of hydrogen-bond donors (Lipinski definition) is 0. The molecule has 0 aliphatic heterocycles. The first-order valence-corrected chi connectivity index (χ1v) is 9.02. The molecule has 0 spiro atoms. The van der Waals surface area contributed by atoms with E-state index in [1.807, 2.05) is 48.5 Å². The Kier molecular flexibility index (Phi) is 8.54. The van der Waals surface area contributed by atoms with Gasteiger partial charge in [-0.05, 0) is 24.3 Å². The van der Waals surface area contributed by atoms with Gasteiger partial charge in [-0.1, -0.05) is 47.5 Å². The molecule has 6 heteroatoms. The molecule has 0 amide bonds. The second-order valence-corrected chi connectivity index (χ2v) is 6.28. The molecule has 0 aliphatic rings. The zero-order valence-corrected chi connectivity index (χ0v) is 15.5. The number of hydrogen-bond acceptors (Lipinski definition) is 3. The van der Waals surface area contributed by atoms with Crippen LogP contribution in [0, 0.1) is 0 Å². The number of ether oxygens (including phenoxy) is 2. The van der Waals surface area contributed by atoms with E-state index in [1.54, 1.807) is 0 Å². The topological polar surface area (TPSA) is 21.7 Å². The average Bonchev–Trinajstić information content (AvgIpc) is 2.58. The predicted molar refractivity (Wildman–Crippen MR) is 101 cm³/mol. The van der Waals surface area contributed by atoms with Gasteiger partial charge in [0.2, 0.25) is 0 Å². The lowest BCUT2D eigenvalue weighted by molar-refractivity contribution is 0.183. The third-order valence-corrected chi connectivity index (χ3v) is 4.20. The molecule has 0 aromatic heterocycles. The van der Waals surface area contributed by atoms with Gasteiger partial charge < -0.3 is 9.47 Å². The largest absolute Gasteiger partial charge is 0.491 e. The van der Waals surface area contributed by atoms with Crippen molar-refractivity contribution >= 4 is 34.8 Å². The summed E-state index contributed by atoms with van der Waals surface area (Å²) >= 11 is 18.0. The van der Waals surface area contributed by atoms with Gasteiger partial charge in [-0.2, -0.15) is 0 Å². The normalized spacial score (nSPS) is 10.8. The molecule has 0 unspecified atom stereocenters. The van der Waals surface area contributed by atoms with E-state index in [0.717, 1.165) is 19.6 Å². The van der Waals surface area contributed by atoms with E-state index in [-0.39, 0.29) is 0 Å². The van der Waals surface area contributed by atoms with Crippen LogP contribution >= 0.6 is 34.8 Å². The van der Waals surface area contributed by atoms with Crippen molar-refractivity contribution in [3.63, 3.8) is 0 Å². The maximum Gasteiger partial charge on any atom is 0.137 e. The minimum absolute atomic E-state index is 0.534. The van der Waals surface area contributed by atoms with Crippen molar-refractivity contribution in [2.75, 3.05) is 38.7 Å². The van der Waals surface area contributed by atoms with Crippen molar-refractivity contribution in [1.82, 2.24) is 4.90 Å². The van der Waals surface area contributed by atoms with Crippen LogP contribution in [0.3, 0.4) is 0 Å². The SMILES string of the molecule is ClCCN(CCOc1ccccc1Cl)CCOc1ccccc1Cl. The zero-order chi connectivity index (χ0) is 17.2. The van der Waals surface area contributed by atoms with Gasteiger partial charge in [0, 0.05) is 25.5 Å². The van der Waals surface area contributed by atoms with E-state index in [1.165, 1.54) is 0 Å². The van der Waals surface area contributed by atoms with E-state index in [9.17, 15) is 0 Å². The van der Waals surface area contributed by atoms with Crippen molar-refractivity contribution in [2.24, 2.45) is 0 Å². The van der Waals surface area contributed by atoms with Crippen molar-refractivity contribution in [2.45, 2.75) is 0 Å². The van der Waals surface area contributed by atoms with Gasteiger partial charge in [-0.15, -0.1) is 11.6 Å². The van der Waals surface area contributed by atoms with Crippen LogP contribution in [0.5, 0.6) is 11.5 Å². The summed E-state index contributed by atoms with van der Waals surface area (Å²) in [5.74, 6) is 1.94. The molecule has 0 saturated heterocycles. The smallest absolute Gasteiger partial charge is 0.137 e. The highest BCUT2D eigenvalue weighted by molar-refractivity contribution is 6.32. The first-order chi connectivity index (χ1) is 11.7. The Bertz CT molecular complexity index is 573. The zero-order valence-electron chi connectivity index (χ0n) is 13.3. The summed E-state index contributed by atoms with van der Waals surface area (Å²) < 4.78 is 11.4. The first-order valence-electron chi connectivity index (χ1n) is 7.73. The molecule has 0 atom stereocenters. The number of benzene rings is 2. The molecule has 2 aromatic rings. The summed E-state index contributed by atoms with van der Waals surface area (Å²) in [7, 11) is 0. The molecule has 2 aromatic carbocycles. The van der Waals surface area contributed by atoms with Gasteiger partial charge in [-0.3, -0.25) is 4.90 Å². The Morgan fingerprint density at radius 2 is 1.17 bits per heavy atom. The van der Waals surface area contributed by atoms with Gasteiger partial charge in [0.25, 0.3) is 0 Å². The van der Waals surface area contributed by atoms with Crippen LogP contribution in [0.1, 0.15) is 0 Å². The monoisotopic (exact) mass is 387 g/mol. The minimum Gasteiger partial charge on any atom is -0.491 e. The van der Waals surface area contributed by atoms with E-state index in [0.29, 0.717) is 40.6 Å². The molecule has 2 rings (SSSR count). The predicted octanol–water partition coefficient (Wildman–Crippen LogP) is 4.99. The number of alkyl halides is 1. The Morgan fingerprint density at radius 1 is 0.708 bits per heavy atom. The quantitative estimate of drug-likeness (QED) is 0.535. The highest BCUT2D eigenvalue weighted by atomic mass is 35.5. The van der Waals surface area contributed by atoms with Gasteiger partial charge in [0.05, 0.1) is 10.0 Å². The molecule has 0 aliphatic carbocycles. The maximum absolute atomic E-state index is 6.07. The fourth-order valence-corrected chi connectivity index (χ4v) is 2.77. The lowest BCUT2D eigenvalue weighted by Gasteiger charge is -2.21. The van der Waals surface area contributed by atoms with Crippen LogP contribution < -0.4 is 9.47 Å². The van der Waals surface area contributed by atoms with E-state index in [4.69, 9.17) is 44.3 Å². The first kappa shape index (κ1) is 19.2. The van der Waals surface area contributed by atoms with E-state index in [2.05, 4.69) is 4.90 Å². The van der Waals surface area contributed by atoms with Crippen molar-refractivity contribution in [3.05, 3.63) is 58.6 Å². The minimum atomic E-state index is 0.534. The highest BCUT2D eigenvalue weighted by Gasteiger charge is 2.07. The third-order valence-electron chi connectivity index (χ3n) is 3.40. The molecule has 0 fully saturated rings. The van der Waals surface area contributed by atoms with Crippen molar-refractivity contribution in [1.29, 1.82) is 0 Å². The van der Waals surface area contributed by atoms with Crippen molar-refractivity contribution in [3.8, 4) is 11.5 Å². The Balaban J connectivity index is 1.75. The molecular weight excluding hydrogens is 369 g/mol. The molecule has 3 nitrogen and oxygen atoms in total. The summed E-state index contributed by atoms with van der Waals surface area (Å²) in [5.41, 5.74) is 0. The molecule has 0 heterocycles. The second-order valence-electron chi connectivity index (χ2n) is 5.09. The Labute approximate surface area is 158 Å². The van der Waals surface area contributed by atoms with Gasteiger partial charge >= 0.3 is 0 Å². The number of nitrogens with zero attached hydrogens (tertiary/aromatic N) is 1. The third kappa shape index (κ3) is 6.40. The number of rotatable bonds is 10. The average molecular weight is 389 g/mol. The van der Waals surface area contributed by atoms with Crippen LogP contribution in [0.2, 0.25) is 10.0 Å². The fourth-order valence-electron chi connectivity index (χ4n) is 2.15. The van der Waals surface area contributed by atoms with E-state index >= 15 is 0 Å². The van der Waals surface area contributed by atoms with Crippen LogP contribution in [0.25, 0.3) is 0 Å². The molecular formula is C18H20Cl3NO2. The van der Waals surface area contributed by atoms with Gasteiger partial charge in [-0.25, -0.2) is 0 Å². The van der Waals surface area contributed by atoms with Crippen molar-refractivity contribution < 1.29 is 9.47 Å². The van der Waals surface area contributed by atoms with Crippen LogP contribution in [0.15, 0.2) is 48.5 Å². The maximum atomic E-state index is 6.07. The van der Waals surface area contributed by atoms with Crippen LogP contribution in [-0.2, 0) is 0 Å². The molecule has 130 valence electrons. The fraction of sp³-hybridized carbons (Fsp3) is 0.333. The van der Waals surface area contributed by atoms with Crippen LogP contribution in [-0.4, -0.2) is 43.6 Å². The molecule has 0 saturated carbocycles. The lowest BCUT2D eigenvalue weighted by atomic mass is 10.3. The van der Waals surface area contributed by atoms with E-state index < -0.39 is 0 Å². The highest BCUT2D eigenvalue weighted by Crippen LogP contribution is 2.23. The summed E-state index contributed by atoms with van der Waals surface area (Å²) in [5, 5.41) is 1.23.